The highest BCUT2D eigenvalue weighted by Gasteiger charge is 2.29. The van der Waals surface area contributed by atoms with E-state index in [0.717, 1.165) is 64.0 Å². The number of carbonyl (C=O) groups excluding carboxylic acids is 2. The summed E-state index contributed by atoms with van der Waals surface area (Å²) in [7, 11) is 0. The molecular weight excluding hydrogens is 721 g/mol. The molecule has 1 aliphatic heterocycles. The van der Waals surface area contributed by atoms with Gasteiger partial charge in [-0.15, -0.1) is 0 Å². The maximum Gasteiger partial charge on any atom is 0.194 e. The summed E-state index contributed by atoms with van der Waals surface area (Å²) < 4.78 is 2.31. The highest BCUT2D eigenvalue weighted by Crippen LogP contribution is 2.44. The fraction of sp³-hybridized carbons (Fsp3) is 0.345. The lowest BCUT2D eigenvalue weighted by Gasteiger charge is -2.30. The zero-order valence-electron chi connectivity index (χ0n) is 37.6. The average molecular weight is 783 g/mol. The van der Waals surface area contributed by atoms with Crippen LogP contribution in [-0.4, -0.2) is 16.6 Å². The molecule has 0 fully saturated rings. The third-order valence-electron chi connectivity index (χ3n) is 12.4. The Morgan fingerprint density at radius 3 is 1.98 bits per heavy atom. The van der Waals surface area contributed by atoms with Gasteiger partial charge in [0.2, 0.25) is 0 Å². The largest absolute Gasteiger partial charge is 0.317 e. The van der Waals surface area contributed by atoms with Crippen molar-refractivity contribution < 1.29 is 9.59 Å². The first-order valence-corrected chi connectivity index (χ1v) is 21.1. The molecule has 0 radical (unpaired) electrons. The Morgan fingerprint density at radius 1 is 0.678 bits per heavy atom. The van der Waals surface area contributed by atoms with Crippen molar-refractivity contribution in [2.75, 3.05) is 4.90 Å². The molecule has 0 amide bonds. The third-order valence-corrected chi connectivity index (χ3v) is 12.4. The number of fused-ring (bicyclic) bond motifs is 4. The lowest BCUT2D eigenvalue weighted by atomic mass is 9.79. The van der Waals surface area contributed by atoms with Crippen molar-refractivity contribution in [2.45, 2.75) is 114 Å². The molecule has 0 spiro atoms. The second-order valence-corrected chi connectivity index (χ2v) is 20.9. The minimum atomic E-state index is -0.177. The summed E-state index contributed by atoms with van der Waals surface area (Å²) in [6.07, 6.45) is 11.6. The molecule has 2 aliphatic rings. The van der Waals surface area contributed by atoms with Gasteiger partial charge >= 0.3 is 0 Å². The van der Waals surface area contributed by atoms with Crippen molar-refractivity contribution in [2.24, 2.45) is 10.8 Å². The molecular formula is C55H62N2O2. The molecule has 0 bridgehead atoms. The highest BCUT2D eigenvalue weighted by molar-refractivity contribution is 6.14. The molecule has 0 saturated heterocycles. The highest BCUT2D eigenvalue weighted by atomic mass is 16.1. The zero-order chi connectivity index (χ0) is 43.0. The summed E-state index contributed by atoms with van der Waals surface area (Å²) in [5.74, 6) is -0.177. The molecule has 1 aliphatic carbocycles. The summed E-state index contributed by atoms with van der Waals surface area (Å²) >= 11 is 0. The second-order valence-electron chi connectivity index (χ2n) is 20.9. The summed E-state index contributed by atoms with van der Waals surface area (Å²) in [5.41, 5.74) is 15.5. The smallest absolute Gasteiger partial charge is 0.194 e. The summed E-state index contributed by atoms with van der Waals surface area (Å²) in [6.45, 7) is 33.5. The Hall–Kier alpha value is -5.48. The molecule has 2 heterocycles. The van der Waals surface area contributed by atoms with Crippen LogP contribution in [-0.2, 0) is 17.3 Å². The lowest BCUT2D eigenvalue weighted by molar-refractivity contribution is 0.102. The fourth-order valence-electron chi connectivity index (χ4n) is 8.48. The van der Waals surface area contributed by atoms with Crippen molar-refractivity contribution in [1.29, 1.82) is 0 Å². The van der Waals surface area contributed by atoms with Gasteiger partial charge in [-0.3, -0.25) is 9.59 Å². The van der Waals surface area contributed by atoms with Crippen LogP contribution in [0.5, 0.6) is 0 Å². The minimum Gasteiger partial charge on any atom is -0.317 e. The number of hydrogen-bond acceptors (Lipinski definition) is 3. The maximum absolute atomic E-state index is 14.7. The van der Waals surface area contributed by atoms with E-state index < -0.39 is 0 Å². The van der Waals surface area contributed by atoms with E-state index >= 15 is 0 Å². The Labute approximate surface area is 353 Å². The predicted molar refractivity (Wildman–Crippen MR) is 251 cm³/mol. The van der Waals surface area contributed by atoms with Crippen LogP contribution < -0.4 is 4.90 Å². The van der Waals surface area contributed by atoms with Crippen LogP contribution in [0.15, 0.2) is 109 Å². The van der Waals surface area contributed by atoms with E-state index in [9.17, 15) is 9.59 Å². The first kappa shape index (κ1) is 41.7. The number of aryl methyl sites for hydroxylation is 1. The Kier molecular flexibility index (Phi) is 10.4. The van der Waals surface area contributed by atoms with Crippen LogP contribution in [0.1, 0.15) is 149 Å². The summed E-state index contributed by atoms with van der Waals surface area (Å²) in [5, 5.41) is 1.22. The number of anilines is 2. The first-order valence-electron chi connectivity index (χ1n) is 21.1. The molecule has 0 N–H and O–H groups in total. The normalized spacial score (nSPS) is 16.4. The van der Waals surface area contributed by atoms with Crippen LogP contribution in [0.3, 0.4) is 0 Å². The van der Waals surface area contributed by atoms with E-state index in [-0.39, 0.29) is 27.4 Å². The molecule has 0 atom stereocenters. The lowest BCUT2D eigenvalue weighted by Crippen LogP contribution is -2.18. The number of ketones is 1. The molecule has 4 heteroatoms. The third kappa shape index (κ3) is 7.87. The monoisotopic (exact) mass is 782 g/mol. The fourth-order valence-corrected chi connectivity index (χ4v) is 8.48. The Morgan fingerprint density at radius 2 is 1.34 bits per heavy atom. The molecule has 0 saturated carbocycles. The zero-order valence-corrected chi connectivity index (χ0v) is 37.6. The van der Waals surface area contributed by atoms with E-state index in [1.54, 1.807) is 0 Å². The molecule has 0 unspecified atom stereocenters. The quantitative estimate of drug-likeness (QED) is 0.132. The van der Waals surface area contributed by atoms with Gasteiger partial charge in [0, 0.05) is 56.5 Å². The SMILES string of the molecule is C=C1/C=C(C(C)(C)C)\C=C/N(c2ccc(C)c(C(=O)c3ccc(-n4c5c(c6cc(C(C)(C)C)ccc64)C=C(C(C)(C)C)CC5)cc3C=O)c2)c2ccc(C(C)(C)C)cc21. The van der Waals surface area contributed by atoms with Crippen LogP contribution in [0.4, 0.5) is 11.4 Å². The summed E-state index contributed by atoms with van der Waals surface area (Å²) in [6, 6.07) is 25.2. The van der Waals surface area contributed by atoms with Crippen LogP contribution in [0.2, 0.25) is 0 Å². The number of aldehydes is 1. The van der Waals surface area contributed by atoms with Gasteiger partial charge in [0.15, 0.2) is 12.1 Å². The van der Waals surface area contributed by atoms with Crippen molar-refractivity contribution in [3.05, 3.63) is 159 Å². The van der Waals surface area contributed by atoms with Crippen molar-refractivity contribution >= 4 is 46.0 Å². The Bertz CT molecular complexity index is 2640. The molecule has 4 aromatic carbocycles. The first-order chi connectivity index (χ1) is 27.5. The number of rotatable bonds is 5. The Balaban J connectivity index is 1.33. The molecule has 304 valence electrons. The standard InChI is InChI=1S/C55H62N2O2/c1-34-15-19-41(56-26-25-40(55(12,13)14)27-35(2)44-29-37(52(3,4)5)16-22-48(44)56)32-45(34)51(59)43-21-20-42(28-36(43)33-58)57-49-23-17-38(53(6,7)8)30-46(49)47-31-39(54(9,10)11)18-24-50(47)57/h15-17,19-23,25-33H,2,18,24H2,1,3-14H3/b26-25-,40-27+. The molecule has 1 aromatic heterocycles. The van der Waals surface area contributed by atoms with Crippen LogP contribution >= 0.6 is 0 Å². The van der Waals surface area contributed by atoms with Gasteiger partial charge in [0.05, 0.1) is 11.2 Å². The van der Waals surface area contributed by atoms with E-state index in [0.29, 0.717) is 16.7 Å². The van der Waals surface area contributed by atoms with Crippen molar-refractivity contribution in [1.82, 2.24) is 4.57 Å². The van der Waals surface area contributed by atoms with Gasteiger partial charge in [-0.1, -0.05) is 126 Å². The predicted octanol–water partition coefficient (Wildman–Crippen LogP) is 14.6. The molecule has 7 rings (SSSR count). The van der Waals surface area contributed by atoms with Gasteiger partial charge < -0.3 is 9.47 Å². The van der Waals surface area contributed by atoms with Crippen LogP contribution in [0.25, 0.3) is 28.2 Å². The van der Waals surface area contributed by atoms with Gasteiger partial charge in [-0.2, -0.15) is 0 Å². The van der Waals surface area contributed by atoms with Crippen molar-refractivity contribution in [3.8, 4) is 5.69 Å². The van der Waals surface area contributed by atoms with E-state index in [2.05, 4.69) is 166 Å². The number of hydrogen-bond donors (Lipinski definition) is 0. The molecule has 5 aromatic rings. The van der Waals surface area contributed by atoms with Crippen LogP contribution in [0, 0.1) is 17.8 Å². The van der Waals surface area contributed by atoms with E-state index in [1.807, 2.05) is 37.3 Å². The summed E-state index contributed by atoms with van der Waals surface area (Å²) in [4.78, 5) is 29.9. The number of allylic oxidation sites excluding steroid dienone is 5. The number of benzene rings is 4. The number of carbonyl (C=O) groups is 2. The van der Waals surface area contributed by atoms with Crippen molar-refractivity contribution in [3.63, 3.8) is 0 Å². The minimum absolute atomic E-state index is 0.000459. The van der Waals surface area contributed by atoms with E-state index in [4.69, 9.17) is 0 Å². The maximum atomic E-state index is 14.7. The molecule has 59 heavy (non-hydrogen) atoms. The number of aromatic nitrogens is 1. The second kappa shape index (κ2) is 14.7. The van der Waals surface area contributed by atoms with E-state index in [1.165, 1.54) is 33.3 Å². The average Bonchev–Trinajstić information content (AvgIpc) is 3.48. The van der Waals surface area contributed by atoms with Gasteiger partial charge in [0.25, 0.3) is 0 Å². The van der Waals surface area contributed by atoms with Gasteiger partial charge in [-0.25, -0.2) is 0 Å². The number of nitrogens with zero attached hydrogens (tertiary/aromatic N) is 2. The topological polar surface area (TPSA) is 42.3 Å². The van der Waals surface area contributed by atoms with Gasteiger partial charge in [0.1, 0.15) is 0 Å². The molecule has 4 nitrogen and oxygen atoms in total. The van der Waals surface area contributed by atoms with Gasteiger partial charge in [-0.05, 0) is 130 Å².